The molecule has 0 unspecified atom stereocenters. The number of nitrogens with zero attached hydrogens (tertiary/aromatic N) is 1. The molecule has 2 N–H and O–H groups in total. The van der Waals surface area contributed by atoms with E-state index < -0.39 is 7.12 Å². The normalized spacial score (nSPS) is 10.8. The Hall–Kier alpha value is -4.90. The molecule has 0 heterocycles. The first-order chi connectivity index (χ1) is 19.7. The molecular formula is C36H28BNO2. The van der Waals surface area contributed by atoms with Crippen molar-refractivity contribution in [3.63, 3.8) is 0 Å². The summed E-state index contributed by atoms with van der Waals surface area (Å²) in [5.41, 5.74) is 10.4. The zero-order valence-electron chi connectivity index (χ0n) is 21.9. The molecule has 0 bridgehead atoms. The van der Waals surface area contributed by atoms with Gasteiger partial charge in [-0.15, -0.1) is 0 Å². The molecule has 0 aromatic heterocycles. The molecule has 3 nitrogen and oxygen atoms in total. The van der Waals surface area contributed by atoms with Gasteiger partial charge in [0.25, 0.3) is 0 Å². The van der Waals surface area contributed by atoms with E-state index >= 15 is 0 Å². The average molecular weight is 517 g/mol. The van der Waals surface area contributed by atoms with E-state index in [0.29, 0.717) is 5.46 Å². The van der Waals surface area contributed by atoms with Gasteiger partial charge in [-0.1, -0.05) is 121 Å². The van der Waals surface area contributed by atoms with Gasteiger partial charge in [-0.2, -0.15) is 0 Å². The van der Waals surface area contributed by atoms with Crippen molar-refractivity contribution in [2.24, 2.45) is 0 Å². The van der Waals surface area contributed by atoms with Crippen molar-refractivity contribution in [2.75, 3.05) is 4.90 Å². The monoisotopic (exact) mass is 517 g/mol. The first kappa shape index (κ1) is 25.4. The predicted octanol–water partition coefficient (Wildman–Crippen LogP) is 7.84. The van der Waals surface area contributed by atoms with Crippen LogP contribution in [-0.2, 0) is 0 Å². The Morgan fingerprint density at radius 1 is 0.350 bits per heavy atom. The van der Waals surface area contributed by atoms with Crippen LogP contribution in [0.5, 0.6) is 0 Å². The van der Waals surface area contributed by atoms with E-state index in [-0.39, 0.29) is 0 Å². The van der Waals surface area contributed by atoms with Crippen molar-refractivity contribution in [3.8, 4) is 33.4 Å². The molecule has 0 saturated carbocycles. The minimum Gasteiger partial charge on any atom is -0.423 e. The molecule has 0 amide bonds. The molecule has 0 saturated heterocycles. The highest BCUT2D eigenvalue weighted by atomic mass is 16.4. The summed E-state index contributed by atoms with van der Waals surface area (Å²) in [6.07, 6.45) is 0. The molecule has 0 atom stereocenters. The number of benzene rings is 6. The Bertz CT molecular complexity index is 1680. The lowest BCUT2D eigenvalue weighted by atomic mass is 9.80. The Kier molecular flexibility index (Phi) is 7.27. The second-order valence-electron chi connectivity index (χ2n) is 9.71. The standard InChI is InChI=1S/C36H28BNO2/c39-37(40)33-20-24-35(25-21-33)38(36-13-7-12-32(26-36)28-10-5-2-6-11-28)34-22-18-31(19-23-34)30-16-14-29(15-17-30)27-8-3-1-4-9-27/h1-26,39-40H. The SMILES string of the molecule is OB(O)c1ccc(N(c2ccc(-c3ccc(-c4ccccc4)cc3)cc2)c2cccc(-c3ccccc3)c2)cc1. The van der Waals surface area contributed by atoms with Gasteiger partial charge >= 0.3 is 7.12 Å². The average Bonchev–Trinajstić information content (AvgIpc) is 3.03. The van der Waals surface area contributed by atoms with Crippen LogP contribution in [0.2, 0.25) is 0 Å². The van der Waals surface area contributed by atoms with E-state index in [1.807, 2.05) is 36.4 Å². The van der Waals surface area contributed by atoms with Gasteiger partial charge < -0.3 is 14.9 Å². The van der Waals surface area contributed by atoms with Crippen LogP contribution in [0, 0.1) is 0 Å². The van der Waals surface area contributed by atoms with Gasteiger partial charge in [0.15, 0.2) is 0 Å². The molecule has 40 heavy (non-hydrogen) atoms. The van der Waals surface area contributed by atoms with Gasteiger partial charge in [0.2, 0.25) is 0 Å². The quantitative estimate of drug-likeness (QED) is 0.212. The summed E-state index contributed by atoms with van der Waals surface area (Å²) in [5, 5.41) is 19.2. The first-order valence-electron chi connectivity index (χ1n) is 13.3. The lowest BCUT2D eigenvalue weighted by Gasteiger charge is -2.26. The van der Waals surface area contributed by atoms with Crippen LogP contribution in [0.3, 0.4) is 0 Å². The minimum absolute atomic E-state index is 0.455. The zero-order chi connectivity index (χ0) is 27.3. The fourth-order valence-electron chi connectivity index (χ4n) is 4.99. The highest BCUT2D eigenvalue weighted by Crippen LogP contribution is 2.37. The van der Waals surface area contributed by atoms with E-state index in [9.17, 15) is 10.0 Å². The van der Waals surface area contributed by atoms with Gasteiger partial charge in [0.05, 0.1) is 0 Å². The molecule has 6 rings (SSSR count). The number of hydrogen-bond donors (Lipinski definition) is 2. The smallest absolute Gasteiger partial charge is 0.423 e. The third kappa shape index (κ3) is 5.45. The minimum atomic E-state index is -1.50. The Morgan fingerprint density at radius 2 is 0.750 bits per heavy atom. The van der Waals surface area contributed by atoms with Crippen molar-refractivity contribution >= 4 is 29.6 Å². The molecule has 192 valence electrons. The van der Waals surface area contributed by atoms with Crippen LogP contribution in [0.25, 0.3) is 33.4 Å². The molecule has 0 aliphatic rings. The van der Waals surface area contributed by atoms with E-state index in [1.165, 1.54) is 11.1 Å². The van der Waals surface area contributed by atoms with Crippen LogP contribution in [0.4, 0.5) is 17.1 Å². The van der Waals surface area contributed by atoms with E-state index in [0.717, 1.165) is 39.3 Å². The van der Waals surface area contributed by atoms with Crippen LogP contribution in [0.15, 0.2) is 158 Å². The van der Waals surface area contributed by atoms with Crippen molar-refractivity contribution in [2.45, 2.75) is 0 Å². The van der Waals surface area contributed by atoms with Crippen LogP contribution in [-0.4, -0.2) is 17.2 Å². The second kappa shape index (κ2) is 11.5. The molecule has 0 spiro atoms. The fourth-order valence-corrected chi connectivity index (χ4v) is 4.99. The summed E-state index contributed by atoms with van der Waals surface area (Å²) >= 11 is 0. The van der Waals surface area contributed by atoms with Crippen LogP contribution < -0.4 is 10.4 Å². The summed E-state index contributed by atoms with van der Waals surface area (Å²) in [5.74, 6) is 0. The Labute approximate surface area is 235 Å². The van der Waals surface area contributed by atoms with Crippen molar-refractivity contribution < 1.29 is 10.0 Å². The lowest BCUT2D eigenvalue weighted by Crippen LogP contribution is -2.29. The largest absolute Gasteiger partial charge is 0.488 e. The van der Waals surface area contributed by atoms with Gasteiger partial charge in [-0.05, 0) is 75.2 Å². The highest BCUT2D eigenvalue weighted by Gasteiger charge is 2.16. The third-order valence-corrected chi connectivity index (χ3v) is 7.11. The fraction of sp³-hybridized carbons (Fsp3) is 0. The molecule has 0 fully saturated rings. The topological polar surface area (TPSA) is 43.7 Å². The van der Waals surface area contributed by atoms with Gasteiger partial charge in [0, 0.05) is 17.1 Å². The van der Waals surface area contributed by atoms with Gasteiger partial charge in [-0.3, -0.25) is 0 Å². The number of rotatable bonds is 7. The third-order valence-electron chi connectivity index (χ3n) is 7.11. The maximum Gasteiger partial charge on any atom is 0.488 e. The molecule has 0 aliphatic heterocycles. The Balaban J connectivity index is 1.36. The van der Waals surface area contributed by atoms with Crippen LogP contribution in [0.1, 0.15) is 0 Å². The first-order valence-corrected chi connectivity index (χ1v) is 13.3. The summed E-state index contributed by atoms with van der Waals surface area (Å²) in [6.45, 7) is 0. The molecule has 6 aromatic carbocycles. The summed E-state index contributed by atoms with van der Waals surface area (Å²) < 4.78 is 0. The second-order valence-corrected chi connectivity index (χ2v) is 9.71. The lowest BCUT2D eigenvalue weighted by molar-refractivity contribution is 0.426. The Morgan fingerprint density at radius 3 is 1.25 bits per heavy atom. The zero-order valence-corrected chi connectivity index (χ0v) is 21.9. The molecule has 0 radical (unpaired) electrons. The van der Waals surface area contributed by atoms with Crippen molar-refractivity contribution in [3.05, 3.63) is 158 Å². The summed E-state index contributed by atoms with van der Waals surface area (Å²) in [4.78, 5) is 2.18. The molecule has 6 aromatic rings. The van der Waals surface area contributed by atoms with Crippen LogP contribution >= 0.6 is 0 Å². The maximum atomic E-state index is 9.61. The van der Waals surface area contributed by atoms with Gasteiger partial charge in [0.1, 0.15) is 0 Å². The number of anilines is 3. The molecule has 0 aliphatic carbocycles. The number of hydrogen-bond acceptors (Lipinski definition) is 3. The van der Waals surface area contributed by atoms with E-state index in [1.54, 1.807) is 12.1 Å². The molecule has 4 heteroatoms. The van der Waals surface area contributed by atoms with E-state index in [2.05, 4.69) is 114 Å². The maximum absolute atomic E-state index is 9.61. The summed E-state index contributed by atoms with van der Waals surface area (Å²) in [6, 6.07) is 53.7. The highest BCUT2D eigenvalue weighted by molar-refractivity contribution is 6.58. The van der Waals surface area contributed by atoms with Crippen molar-refractivity contribution in [1.82, 2.24) is 0 Å². The van der Waals surface area contributed by atoms with Gasteiger partial charge in [-0.25, -0.2) is 0 Å². The van der Waals surface area contributed by atoms with Crippen molar-refractivity contribution in [1.29, 1.82) is 0 Å². The summed E-state index contributed by atoms with van der Waals surface area (Å²) in [7, 11) is -1.50. The van der Waals surface area contributed by atoms with E-state index in [4.69, 9.17) is 0 Å². The predicted molar refractivity (Wildman–Crippen MR) is 167 cm³/mol. The molecular weight excluding hydrogens is 489 g/mol.